The van der Waals surface area contributed by atoms with E-state index in [1.54, 1.807) is 0 Å². The first-order chi connectivity index (χ1) is 10.7. The number of hydrogen-bond donors (Lipinski definition) is 0. The summed E-state index contributed by atoms with van der Waals surface area (Å²) in [6.45, 7) is 6.56. The van der Waals surface area contributed by atoms with E-state index in [0.29, 0.717) is 0 Å². The Labute approximate surface area is 132 Å². The van der Waals surface area contributed by atoms with Gasteiger partial charge in [-0.15, -0.1) is 0 Å². The fraction of sp³-hybridized carbons (Fsp3) is 0.143. The average Bonchev–Trinajstić information content (AvgIpc) is 2.57. The maximum absolute atomic E-state index is 2.34. The van der Waals surface area contributed by atoms with Crippen LogP contribution in [0.15, 0.2) is 72.8 Å². The normalized spacial score (nSPS) is 10.5. The quantitative estimate of drug-likeness (QED) is 0.564. The first kappa shape index (κ1) is 14.4. The molecule has 0 radical (unpaired) electrons. The van der Waals surface area contributed by atoms with Gasteiger partial charge >= 0.3 is 0 Å². The summed E-state index contributed by atoms with van der Waals surface area (Å²) in [6, 6.07) is 25.5. The Hall–Kier alpha value is -2.54. The second-order valence-electron chi connectivity index (χ2n) is 5.68. The minimum atomic E-state index is 1.19. The van der Waals surface area contributed by atoms with Crippen molar-refractivity contribution in [1.29, 1.82) is 0 Å². The molecule has 0 aromatic heterocycles. The molecule has 0 aliphatic carbocycles. The number of anilines is 3. The molecular formula is C21H21N. The van der Waals surface area contributed by atoms with Crippen molar-refractivity contribution in [3.63, 3.8) is 0 Å². The fourth-order valence-corrected chi connectivity index (χ4v) is 2.84. The molecule has 0 bridgehead atoms. The van der Waals surface area contributed by atoms with Gasteiger partial charge in [0, 0.05) is 11.4 Å². The lowest BCUT2D eigenvalue weighted by Crippen LogP contribution is -2.13. The highest BCUT2D eigenvalue weighted by molar-refractivity contribution is 5.80. The molecule has 3 rings (SSSR count). The number of rotatable bonds is 3. The predicted octanol–water partition coefficient (Wildman–Crippen LogP) is 6.08. The average molecular weight is 287 g/mol. The second-order valence-corrected chi connectivity index (χ2v) is 5.68. The molecule has 22 heavy (non-hydrogen) atoms. The molecule has 0 spiro atoms. The lowest BCUT2D eigenvalue weighted by Gasteiger charge is -2.29. The van der Waals surface area contributed by atoms with Crippen LogP contribution in [0.25, 0.3) is 0 Å². The smallest absolute Gasteiger partial charge is 0.0522 e. The zero-order chi connectivity index (χ0) is 15.5. The summed E-state index contributed by atoms with van der Waals surface area (Å²) in [5, 5.41) is 0. The Balaban J connectivity index is 2.26. The topological polar surface area (TPSA) is 3.24 Å². The third kappa shape index (κ3) is 2.62. The number of nitrogens with zero attached hydrogens (tertiary/aromatic N) is 1. The summed E-state index contributed by atoms with van der Waals surface area (Å²) in [5.74, 6) is 0. The van der Waals surface area contributed by atoms with Crippen LogP contribution in [0.2, 0.25) is 0 Å². The van der Waals surface area contributed by atoms with E-state index in [1.807, 2.05) is 0 Å². The first-order valence-corrected chi connectivity index (χ1v) is 7.65. The van der Waals surface area contributed by atoms with Gasteiger partial charge in [-0.1, -0.05) is 48.5 Å². The number of aryl methyl sites for hydroxylation is 2. The van der Waals surface area contributed by atoms with Crippen LogP contribution in [0, 0.1) is 20.8 Å². The van der Waals surface area contributed by atoms with Crippen molar-refractivity contribution < 1.29 is 0 Å². The molecule has 0 heterocycles. The fourth-order valence-electron chi connectivity index (χ4n) is 2.84. The lowest BCUT2D eigenvalue weighted by atomic mass is 10.0. The van der Waals surface area contributed by atoms with Gasteiger partial charge in [-0.05, 0) is 61.7 Å². The van der Waals surface area contributed by atoms with Crippen molar-refractivity contribution in [2.24, 2.45) is 0 Å². The van der Waals surface area contributed by atoms with E-state index in [-0.39, 0.29) is 0 Å². The van der Waals surface area contributed by atoms with Gasteiger partial charge in [0.15, 0.2) is 0 Å². The molecule has 3 aromatic rings. The number of hydrogen-bond acceptors (Lipinski definition) is 1. The molecule has 0 atom stereocenters. The van der Waals surface area contributed by atoms with Crippen LogP contribution in [0.3, 0.4) is 0 Å². The van der Waals surface area contributed by atoms with Gasteiger partial charge < -0.3 is 4.90 Å². The van der Waals surface area contributed by atoms with Gasteiger partial charge in [-0.3, -0.25) is 0 Å². The molecule has 0 N–H and O–H groups in total. The van der Waals surface area contributed by atoms with E-state index >= 15 is 0 Å². The van der Waals surface area contributed by atoms with Crippen LogP contribution in [0.5, 0.6) is 0 Å². The Kier molecular flexibility index (Phi) is 3.97. The highest BCUT2D eigenvalue weighted by Crippen LogP contribution is 2.39. The molecule has 0 saturated carbocycles. The molecule has 0 fully saturated rings. The summed E-state index contributed by atoms with van der Waals surface area (Å²) in [7, 11) is 0. The third-order valence-electron chi connectivity index (χ3n) is 4.16. The highest BCUT2D eigenvalue weighted by Gasteiger charge is 2.17. The Bertz CT molecular complexity index is 721. The lowest BCUT2D eigenvalue weighted by molar-refractivity contribution is 1.19. The van der Waals surface area contributed by atoms with Crippen LogP contribution >= 0.6 is 0 Å². The van der Waals surface area contributed by atoms with Crippen LogP contribution < -0.4 is 4.90 Å². The highest BCUT2D eigenvalue weighted by atomic mass is 15.1. The molecule has 0 aliphatic rings. The van der Waals surface area contributed by atoms with Gasteiger partial charge in [0.1, 0.15) is 0 Å². The van der Waals surface area contributed by atoms with Crippen molar-refractivity contribution in [2.75, 3.05) is 4.90 Å². The summed E-state index contributed by atoms with van der Waals surface area (Å²) >= 11 is 0. The van der Waals surface area contributed by atoms with Gasteiger partial charge in [0.25, 0.3) is 0 Å². The zero-order valence-electron chi connectivity index (χ0n) is 13.4. The van der Waals surface area contributed by atoms with Gasteiger partial charge in [0.05, 0.1) is 5.69 Å². The molecule has 0 unspecified atom stereocenters. The van der Waals surface area contributed by atoms with Gasteiger partial charge in [-0.25, -0.2) is 0 Å². The molecular weight excluding hydrogens is 266 g/mol. The zero-order valence-corrected chi connectivity index (χ0v) is 13.4. The van der Waals surface area contributed by atoms with Crippen LogP contribution in [0.4, 0.5) is 17.1 Å². The summed E-state index contributed by atoms with van der Waals surface area (Å²) in [6.07, 6.45) is 0. The second kappa shape index (κ2) is 6.07. The monoisotopic (exact) mass is 287 g/mol. The van der Waals surface area contributed by atoms with E-state index in [1.165, 1.54) is 33.8 Å². The Morgan fingerprint density at radius 2 is 1.00 bits per heavy atom. The van der Waals surface area contributed by atoms with E-state index in [9.17, 15) is 0 Å². The van der Waals surface area contributed by atoms with Gasteiger partial charge in [-0.2, -0.15) is 0 Å². The summed E-state index contributed by atoms with van der Waals surface area (Å²) in [4.78, 5) is 2.34. The minimum Gasteiger partial charge on any atom is -0.310 e. The largest absolute Gasteiger partial charge is 0.310 e. The van der Waals surface area contributed by atoms with Crippen molar-refractivity contribution in [2.45, 2.75) is 20.8 Å². The summed E-state index contributed by atoms with van der Waals surface area (Å²) in [5.41, 5.74) is 7.58. The predicted molar refractivity (Wildman–Crippen MR) is 95.3 cm³/mol. The Morgan fingerprint density at radius 3 is 1.50 bits per heavy atom. The SMILES string of the molecule is Cc1ccc(C)c(N(c2ccccc2)c2ccccc2)c1C. The summed E-state index contributed by atoms with van der Waals surface area (Å²) < 4.78 is 0. The van der Waals surface area contributed by atoms with Crippen LogP contribution in [-0.4, -0.2) is 0 Å². The van der Waals surface area contributed by atoms with Crippen LogP contribution in [0.1, 0.15) is 16.7 Å². The molecule has 110 valence electrons. The molecule has 0 amide bonds. The maximum Gasteiger partial charge on any atom is 0.0522 e. The maximum atomic E-state index is 2.34. The molecule has 1 heteroatoms. The number of para-hydroxylation sites is 2. The van der Waals surface area contributed by atoms with Crippen molar-refractivity contribution >= 4 is 17.1 Å². The molecule has 1 nitrogen and oxygen atoms in total. The van der Waals surface area contributed by atoms with Crippen molar-refractivity contribution in [3.05, 3.63) is 89.5 Å². The first-order valence-electron chi connectivity index (χ1n) is 7.65. The molecule has 3 aromatic carbocycles. The van der Waals surface area contributed by atoms with Crippen molar-refractivity contribution in [3.8, 4) is 0 Å². The van der Waals surface area contributed by atoms with Gasteiger partial charge in [0.2, 0.25) is 0 Å². The van der Waals surface area contributed by atoms with Crippen molar-refractivity contribution in [1.82, 2.24) is 0 Å². The Morgan fingerprint density at radius 1 is 0.545 bits per heavy atom. The van der Waals surface area contributed by atoms with E-state index < -0.39 is 0 Å². The minimum absolute atomic E-state index is 1.19. The van der Waals surface area contributed by atoms with E-state index in [4.69, 9.17) is 0 Å². The van der Waals surface area contributed by atoms with E-state index in [2.05, 4.69) is 98.5 Å². The number of benzene rings is 3. The molecule has 0 saturated heterocycles. The third-order valence-corrected chi connectivity index (χ3v) is 4.16. The molecule has 0 aliphatic heterocycles. The van der Waals surface area contributed by atoms with Crippen LogP contribution in [-0.2, 0) is 0 Å². The van der Waals surface area contributed by atoms with E-state index in [0.717, 1.165) is 0 Å². The standard InChI is InChI=1S/C21H21N/c1-16-14-15-17(2)21(18(16)3)22(19-10-6-4-7-11-19)20-12-8-5-9-13-20/h4-15H,1-3H3.